The largest absolute Gasteiger partial charge is 0.300 e. The summed E-state index contributed by atoms with van der Waals surface area (Å²) in [4.78, 5) is 2.59. The maximum atomic E-state index is 10.9. The average Bonchev–Trinajstić information content (AvgIpc) is 2.38. The first kappa shape index (κ1) is 15.3. The van der Waals surface area contributed by atoms with E-state index in [1.807, 2.05) is 0 Å². The van der Waals surface area contributed by atoms with Gasteiger partial charge in [0.05, 0.1) is 0 Å². The topological polar surface area (TPSA) is 40.6 Å². The monoisotopic (exact) mass is 288 g/mol. The standard InChI is InChI=1S/C14H28N2O2S/c1-14(2,3)12-4-8-15(9-5-12)13-6-10-16(11-7-13)19(17)18/h12-13,19H,4-11H2,1-3H3. The summed E-state index contributed by atoms with van der Waals surface area (Å²) >= 11 is 0. The molecule has 0 atom stereocenters. The zero-order chi connectivity index (χ0) is 14.0. The van der Waals surface area contributed by atoms with Gasteiger partial charge in [0, 0.05) is 19.1 Å². The molecule has 0 radical (unpaired) electrons. The quantitative estimate of drug-likeness (QED) is 0.787. The Morgan fingerprint density at radius 3 is 1.84 bits per heavy atom. The second-order valence-electron chi connectivity index (χ2n) is 7.10. The molecular formula is C14H28N2O2S. The van der Waals surface area contributed by atoms with Crippen LogP contribution in [0.3, 0.4) is 0 Å². The Hall–Kier alpha value is -0.130. The average molecular weight is 288 g/mol. The molecule has 2 fully saturated rings. The number of likely N-dealkylation sites (tertiary alicyclic amines) is 1. The van der Waals surface area contributed by atoms with Gasteiger partial charge in [-0.15, -0.1) is 0 Å². The summed E-state index contributed by atoms with van der Waals surface area (Å²) in [6.45, 7) is 10.8. The molecule has 5 heteroatoms. The molecule has 4 nitrogen and oxygen atoms in total. The van der Waals surface area contributed by atoms with Gasteiger partial charge in [0.1, 0.15) is 0 Å². The Balaban J connectivity index is 1.80. The summed E-state index contributed by atoms with van der Waals surface area (Å²) in [5.41, 5.74) is 0.427. The van der Waals surface area contributed by atoms with Crippen LogP contribution in [0.4, 0.5) is 0 Å². The van der Waals surface area contributed by atoms with E-state index in [1.165, 1.54) is 25.9 Å². The minimum atomic E-state index is -2.36. The van der Waals surface area contributed by atoms with Crippen LogP contribution in [0, 0.1) is 11.3 Å². The van der Waals surface area contributed by atoms with E-state index < -0.39 is 10.9 Å². The van der Waals surface area contributed by atoms with Crippen LogP contribution < -0.4 is 0 Å². The lowest BCUT2D eigenvalue weighted by atomic mass is 9.75. The van der Waals surface area contributed by atoms with Crippen LogP contribution in [0.2, 0.25) is 0 Å². The molecule has 0 amide bonds. The molecule has 19 heavy (non-hydrogen) atoms. The molecule has 2 rings (SSSR count). The molecule has 0 aliphatic carbocycles. The first-order chi connectivity index (χ1) is 8.88. The van der Waals surface area contributed by atoms with Gasteiger partial charge in [-0.05, 0) is 50.1 Å². The van der Waals surface area contributed by atoms with Crippen molar-refractivity contribution < 1.29 is 8.42 Å². The Bertz CT molecular complexity index is 352. The van der Waals surface area contributed by atoms with E-state index >= 15 is 0 Å². The second kappa shape index (κ2) is 6.10. The molecular weight excluding hydrogens is 260 g/mol. The molecule has 2 heterocycles. The van der Waals surface area contributed by atoms with Crippen LogP contribution in [0.1, 0.15) is 46.5 Å². The molecule has 112 valence electrons. The number of nitrogens with zero attached hydrogens (tertiary/aromatic N) is 2. The highest BCUT2D eigenvalue weighted by molar-refractivity contribution is 7.69. The van der Waals surface area contributed by atoms with E-state index in [0.29, 0.717) is 24.5 Å². The summed E-state index contributed by atoms with van der Waals surface area (Å²) in [7, 11) is -2.36. The molecule has 2 saturated heterocycles. The van der Waals surface area contributed by atoms with E-state index in [4.69, 9.17) is 0 Å². The second-order valence-corrected chi connectivity index (χ2v) is 8.14. The van der Waals surface area contributed by atoms with Gasteiger partial charge < -0.3 is 4.90 Å². The lowest BCUT2D eigenvalue weighted by molar-refractivity contribution is 0.0636. The van der Waals surface area contributed by atoms with E-state index in [0.717, 1.165) is 18.8 Å². The van der Waals surface area contributed by atoms with E-state index in [2.05, 4.69) is 25.7 Å². The highest BCUT2D eigenvalue weighted by atomic mass is 32.2. The summed E-state index contributed by atoms with van der Waals surface area (Å²) < 4.78 is 23.5. The summed E-state index contributed by atoms with van der Waals surface area (Å²) in [6.07, 6.45) is 4.59. The maximum absolute atomic E-state index is 10.9. The fraction of sp³-hybridized carbons (Fsp3) is 1.00. The Labute approximate surface area is 119 Å². The summed E-state index contributed by atoms with van der Waals surface area (Å²) in [5, 5.41) is 0. The molecule has 0 aromatic rings. The molecule has 2 aliphatic rings. The molecule has 0 saturated carbocycles. The number of hydrogen-bond donors (Lipinski definition) is 1. The molecule has 0 bridgehead atoms. The van der Waals surface area contributed by atoms with Crippen molar-refractivity contribution in [2.24, 2.45) is 11.3 Å². The zero-order valence-electron chi connectivity index (χ0n) is 12.5. The molecule has 0 N–H and O–H groups in total. The third-order valence-electron chi connectivity index (χ3n) is 4.94. The minimum absolute atomic E-state index is 0.427. The van der Waals surface area contributed by atoms with Crippen LogP contribution in [0.15, 0.2) is 0 Å². The van der Waals surface area contributed by atoms with Gasteiger partial charge >= 0.3 is 0 Å². The highest BCUT2D eigenvalue weighted by Gasteiger charge is 2.32. The molecule has 0 aromatic carbocycles. The predicted molar refractivity (Wildman–Crippen MR) is 78.7 cm³/mol. The first-order valence-electron chi connectivity index (χ1n) is 7.51. The Morgan fingerprint density at radius 1 is 0.895 bits per heavy atom. The lowest BCUT2D eigenvalue weighted by Gasteiger charge is -2.43. The zero-order valence-corrected chi connectivity index (χ0v) is 13.4. The van der Waals surface area contributed by atoms with Gasteiger partial charge in [-0.25, -0.2) is 12.7 Å². The van der Waals surface area contributed by atoms with Gasteiger partial charge in [0.25, 0.3) is 0 Å². The predicted octanol–water partition coefficient (Wildman–Crippen LogP) is 1.74. The van der Waals surface area contributed by atoms with Crippen molar-refractivity contribution in [3.8, 4) is 0 Å². The van der Waals surface area contributed by atoms with Crippen LogP contribution in [0.25, 0.3) is 0 Å². The highest BCUT2D eigenvalue weighted by Crippen LogP contribution is 2.35. The Kier molecular flexibility index (Phi) is 4.90. The SMILES string of the molecule is CC(C)(C)C1CCN(C2CCN([SH](=O)=O)CC2)CC1. The fourth-order valence-electron chi connectivity index (χ4n) is 3.51. The van der Waals surface area contributed by atoms with Gasteiger partial charge in [-0.1, -0.05) is 20.8 Å². The smallest absolute Gasteiger partial charge is 0.203 e. The summed E-state index contributed by atoms with van der Waals surface area (Å²) in [5.74, 6) is 0.833. The van der Waals surface area contributed by atoms with Crippen LogP contribution >= 0.6 is 0 Å². The number of hydrogen-bond acceptors (Lipinski definition) is 3. The Morgan fingerprint density at radius 2 is 1.42 bits per heavy atom. The van der Waals surface area contributed by atoms with Crippen molar-refractivity contribution in [1.29, 1.82) is 0 Å². The number of piperidine rings is 2. The number of rotatable bonds is 2. The van der Waals surface area contributed by atoms with Gasteiger partial charge in [0.2, 0.25) is 10.9 Å². The maximum Gasteiger partial charge on any atom is 0.203 e. The van der Waals surface area contributed by atoms with Gasteiger partial charge in [0.15, 0.2) is 0 Å². The van der Waals surface area contributed by atoms with Crippen LogP contribution in [-0.2, 0) is 10.9 Å². The van der Waals surface area contributed by atoms with Crippen molar-refractivity contribution in [1.82, 2.24) is 9.21 Å². The van der Waals surface area contributed by atoms with Crippen molar-refractivity contribution in [3.05, 3.63) is 0 Å². The van der Waals surface area contributed by atoms with E-state index in [1.54, 1.807) is 4.31 Å². The van der Waals surface area contributed by atoms with Crippen molar-refractivity contribution in [3.63, 3.8) is 0 Å². The molecule has 2 aliphatic heterocycles. The van der Waals surface area contributed by atoms with Crippen LogP contribution in [0.5, 0.6) is 0 Å². The number of thiol groups is 1. The van der Waals surface area contributed by atoms with Crippen molar-refractivity contribution >= 4 is 10.9 Å². The van der Waals surface area contributed by atoms with E-state index in [9.17, 15) is 8.42 Å². The lowest BCUT2D eigenvalue weighted by Crippen LogP contribution is -2.48. The first-order valence-corrected chi connectivity index (χ1v) is 8.64. The molecule has 0 unspecified atom stereocenters. The van der Waals surface area contributed by atoms with Gasteiger partial charge in [-0.2, -0.15) is 0 Å². The summed E-state index contributed by atoms with van der Waals surface area (Å²) in [6, 6.07) is 0.604. The normalized spacial score (nSPS) is 26.1. The van der Waals surface area contributed by atoms with Gasteiger partial charge in [-0.3, -0.25) is 0 Å². The molecule has 0 aromatic heterocycles. The third-order valence-corrected chi connectivity index (χ3v) is 5.80. The van der Waals surface area contributed by atoms with E-state index in [-0.39, 0.29) is 0 Å². The minimum Gasteiger partial charge on any atom is -0.300 e. The van der Waals surface area contributed by atoms with Crippen LogP contribution in [-0.4, -0.2) is 49.8 Å². The van der Waals surface area contributed by atoms with Crippen molar-refractivity contribution in [2.45, 2.75) is 52.5 Å². The molecule has 0 spiro atoms. The fourth-order valence-corrected chi connectivity index (χ4v) is 4.07. The van der Waals surface area contributed by atoms with Crippen molar-refractivity contribution in [2.75, 3.05) is 26.2 Å². The third kappa shape index (κ3) is 3.92.